The van der Waals surface area contributed by atoms with Gasteiger partial charge in [-0.25, -0.2) is 9.37 Å². The van der Waals surface area contributed by atoms with Crippen molar-refractivity contribution < 1.29 is 14.0 Å². The number of carbonyl (C=O) groups is 2. The van der Waals surface area contributed by atoms with Gasteiger partial charge in [0.2, 0.25) is 0 Å². The van der Waals surface area contributed by atoms with Crippen molar-refractivity contribution in [3.05, 3.63) is 76.5 Å². The summed E-state index contributed by atoms with van der Waals surface area (Å²) in [5.74, 6) is -1.42. The van der Waals surface area contributed by atoms with Crippen LogP contribution in [0.5, 0.6) is 0 Å². The molecule has 7 heteroatoms. The fourth-order valence-electron chi connectivity index (χ4n) is 2.16. The first-order chi connectivity index (χ1) is 12.0. The predicted molar refractivity (Wildman–Crippen MR) is 93.6 cm³/mol. The van der Waals surface area contributed by atoms with E-state index in [1.54, 1.807) is 6.92 Å². The van der Waals surface area contributed by atoms with Crippen LogP contribution in [-0.4, -0.2) is 16.8 Å². The number of nitrogens with one attached hydrogen (secondary N) is 2. The quantitative estimate of drug-likeness (QED) is 0.708. The molecule has 2 N–H and O–H groups in total. The lowest BCUT2D eigenvalue weighted by Crippen LogP contribution is -2.41. The van der Waals surface area contributed by atoms with Crippen molar-refractivity contribution in [2.45, 2.75) is 6.92 Å². The second-order valence-electron chi connectivity index (χ2n) is 5.21. The van der Waals surface area contributed by atoms with Gasteiger partial charge < -0.3 is 0 Å². The van der Waals surface area contributed by atoms with Crippen LogP contribution >= 0.6 is 11.3 Å². The molecule has 0 atom stereocenters. The van der Waals surface area contributed by atoms with Crippen LogP contribution in [0.3, 0.4) is 0 Å². The summed E-state index contributed by atoms with van der Waals surface area (Å²) >= 11 is 1.25. The Kier molecular flexibility index (Phi) is 4.85. The molecule has 0 fully saturated rings. The Hall–Kier alpha value is -3.06. The van der Waals surface area contributed by atoms with E-state index >= 15 is 0 Å². The molecular formula is C18H14FN3O2S. The maximum Gasteiger partial charge on any atom is 0.281 e. The number of aryl methyl sites for hydroxylation is 1. The van der Waals surface area contributed by atoms with E-state index in [1.165, 1.54) is 35.6 Å². The van der Waals surface area contributed by atoms with Crippen molar-refractivity contribution in [2.75, 3.05) is 0 Å². The summed E-state index contributed by atoms with van der Waals surface area (Å²) < 4.78 is 12.9. The Labute approximate surface area is 147 Å². The van der Waals surface area contributed by atoms with Crippen LogP contribution < -0.4 is 10.9 Å². The van der Waals surface area contributed by atoms with Gasteiger partial charge >= 0.3 is 0 Å². The fourth-order valence-corrected chi connectivity index (χ4v) is 3.12. The zero-order chi connectivity index (χ0) is 17.8. The lowest BCUT2D eigenvalue weighted by molar-refractivity contribution is 0.0848. The molecule has 0 unspecified atom stereocenters. The maximum absolute atomic E-state index is 12.9. The van der Waals surface area contributed by atoms with Crippen molar-refractivity contribution in [2.24, 2.45) is 0 Å². The number of aromatic nitrogens is 1. The van der Waals surface area contributed by atoms with Gasteiger partial charge in [0.05, 0.1) is 5.69 Å². The predicted octanol–water partition coefficient (Wildman–Crippen LogP) is 3.33. The van der Waals surface area contributed by atoms with E-state index in [4.69, 9.17) is 0 Å². The monoisotopic (exact) mass is 355 g/mol. The molecule has 2 aromatic carbocycles. The van der Waals surface area contributed by atoms with E-state index in [2.05, 4.69) is 15.8 Å². The van der Waals surface area contributed by atoms with E-state index in [-0.39, 0.29) is 5.56 Å². The van der Waals surface area contributed by atoms with Crippen LogP contribution in [0.4, 0.5) is 4.39 Å². The molecule has 3 aromatic rings. The van der Waals surface area contributed by atoms with Crippen LogP contribution in [0.1, 0.15) is 25.7 Å². The van der Waals surface area contributed by atoms with E-state index in [1.807, 2.05) is 30.3 Å². The van der Waals surface area contributed by atoms with Crippen LogP contribution in [0, 0.1) is 12.7 Å². The van der Waals surface area contributed by atoms with Crippen molar-refractivity contribution in [3.63, 3.8) is 0 Å². The summed E-state index contributed by atoms with van der Waals surface area (Å²) in [4.78, 5) is 29.0. The van der Waals surface area contributed by atoms with Crippen molar-refractivity contribution in [1.82, 2.24) is 15.8 Å². The molecule has 2 amide bonds. The Morgan fingerprint density at radius 2 is 1.60 bits per heavy atom. The first-order valence-electron chi connectivity index (χ1n) is 7.43. The summed E-state index contributed by atoms with van der Waals surface area (Å²) in [6.45, 7) is 1.74. The molecule has 0 aliphatic heterocycles. The molecular weight excluding hydrogens is 341 g/mol. The third-order valence-electron chi connectivity index (χ3n) is 3.42. The molecule has 5 nitrogen and oxygen atoms in total. The highest BCUT2D eigenvalue weighted by molar-refractivity contribution is 7.17. The standard InChI is InChI=1S/C18H14FN3O2S/c1-11-15(25-18(20-11)13-5-3-2-4-6-13)17(24)22-21-16(23)12-7-9-14(19)10-8-12/h2-10H,1H3,(H,21,23)(H,22,24). The molecule has 25 heavy (non-hydrogen) atoms. The summed E-state index contributed by atoms with van der Waals surface area (Å²) in [5, 5.41) is 0.730. The zero-order valence-corrected chi connectivity index (χ0v) is 14.1. The second-order valence-corrected chi connectivity index (χ2v) is 6.21. The number of hydrogen-bond acceptors (Lipinski definition) is 4. The van der Waals surface area contributed by atoms with E-state index in [9.17, 15) is 14.0 Å². The molecule has 0 saturated carbocycles. The van der Waals surface area contributed by atoms with Gasteiger partial charge in [-0.3, -0.25) is 20.4 Å². The maximum atomic E-state index is 12.9. The Bertz CT molecular complexity index is 908. The number of hydrazine groups is 1. The van der Waals surface area contributed by atoms with E-state index < -0.39 is 17.6 Å². The minimum absolute atomic E-state index is 0.243. The van der Waals surface area contributed by atoms with Crippen LogP contribution in [0.25, 0.3) is 10.6 Å². The van der Waals surface area contributed by atoms with Gasteiger partial charge in [-0.2, -0.15) is 0 Å². The van der Waals surface area contributed by atoms with Gasteiger partial charge in [0.25, 0.3) is 11.8 Å². The Balaban J connectivity index is 1.68. The van der Waals surface area contributed by atoms with Gasteiger partial charge in [0.15, 0.2) is 0 Å². The van der Waals surface area contributed by atoms with Gasteiger partial charge in [-0.1, -0.05) is 30.3 Å². The summed E-state index contributed by atoms with van der Waals surface area (Å²) in [6.07, 6.45) is 0. The lowest BCUT2D eigenvalue weighted by atomic mass is 10.2. The van der Waals surface area contributed by atoms with E-state index in [0.717, 1.165) is 10.6 Å². The Morgan fingerprint density at radius 1 is 0.960 bits per heavy atom. The van der Waals surface area contributed by atoms with Crippen LogP contribution in [0.15, 0.2) is 54.6 Å². The molecule has 126 valence electrons. The second kappa shape index (κ2) is 7.23. The number of amides is 2. The van der Waals surface area contributed by atoms with Crippen LogP contribution in [-0.2, 0) is 0 Å². The van der Waals surface area contributed by atoms with E-state index in [0.29, 0.717) is 10.6 Å². The smallest absolute Gasteiger partial charge is 0.267 e. The minimum atomic E-state index is -0.529. The summed E-state index contributed by atoms with van der Waals surface area (Å²) in [7, 11) is 0. The lowest BCUT2D eigenvalue weighted by Gasteiger charge is -2.06. The van der Waals surface area contributed by atoms with Crippen LogP contribution in [0.2, 0.25) is 0 Å². The molecule has 1 heterocycles. The molecule has 0 spiro atoms. The SMILES string of the molecule is Cc1nc(-c2ccccc2)sc1C(=O)NNC(=O)c1ccc(F)cc1. The number of halogens is 1. The van der Waals surface area contributed by atoms with Crippen molar-refractivity contribution in [3.8, 4) is 10.6 Å². The number of rotatable bonds is 3. The van der Waals surface area contributed by atoms with Gasteiger partial charge in [0, 0.05) is 11.1 Å². The molecule has 0 radical (unpaired) electrons. The van der Waals surface area contributed by atoms with Gasteiger partial charge in [-0.15, -0.1) is 11.3 Å². The highest BCUT2D eigenvalue weighted by Gasteiger charge is 2.17. The number of carbonyl (C=O) groups excluding carboxylic acids is 2. The topological polar surface area (TPSA) is 71.1 Å². The average molecular weight is 355 g/mol. The van der Waals surface area contributed by atoms with Crippen molar-refractivity contribution in [1.29, 1.82) is 0 Å². The first kappa shape index (κ1) is 16.8. The highest BCUT2D eigenvalue weighted by atomic mass is 32.1. The van der Waals surface area contributed by atoms with Crippen molar-refractivity contribution >= 4 is 23.2 Å². The molecule has 1 aromatic heterocycles. The van der Waals surface area contributed by atoms with Gasteiger partial charge in [-0.05, 0) is 31.2 Å². The molecule has 0 aliphatic rings. The number of nitrogens with zero attached hydrogens (tertiary/aromatic N) is 1. The molecule has 0 bridgehead atoms. The average Bonchev–Trinajstić information content (AvgIpc) is 3.02. The molecule has 3 rings (SSSR count). The third-order valence-corrected chi connectivity index (χ3v) is 4.62. The zero-order valence-electron chi connectivity index (χ0n) is 13.2. The minimum Gasteiger partial charge on any atom is -0.267 e. The summed E-state index contributed by atoms with van der Waals surface area (Å²) in [5.41, 5.74) is 6.41. The Morgan fingerprint density at radius 3 is 2.28 bits per heavy atom. The first-order valence-corrected chi connectivity index (χ1v) is 8.25. The highest BCUT2D eigenvalue weighted by Crippen LogP contribution is 2.27. The molecule has 0 saturated heterocycles. The number of benzene rings is 2. The largest absolute Gasteiger partial charge is 0.281 e. The fraction of sp³-hybridized carbons (Fsp3) is 0.0556. The molecule has 0 aliphatic carbocycles. The number of thiazole rings is 1. The third kappa shape index (κ3) is 3.89. The number of hydrogen-bond donors (Lipinski definition) is 2. The summed E-state index contributed by atoms with van der Waals surface area (Å²) in [6, 6.07) is 14.6. The normalized spacial score (nSPS) is 10.3. The van der Waals surface area contributed by atoms with Gasteiger partial charge in [0.1, 0.15) is 15.7 Å².